The summed E-state index contributed by atoms with van der Waals surface area (Å²) in [6.07, 6.45) is 1.74. The van der Waals surface area contributed by atoms with E-state index >= 15 is 0 Å². The average Bonchev–Trinajstić information content (AvgIpc) is 1.97. The van der Waals surface area contributed by atoms with Gasteiger partial charge < -0.3 is 0 Å². The maximum atomic E-state index is 10.7. The number of hydrogen-bond acceptors (Lipinski definition) is 3. The van der Waals surface area contributed by atoms with Crippen molar-refractivity contribution >= 4 is 25.6 Å². The lowest BCUT2D eigenvalue weighted by molar-refractivity contribution is 0.226. The fraction of sp³-hybridized carbons (Fsp3) is 1.00. The van der Waals surface area contributed by atoms with E-state index in [0.717, 1.165) is 12.8 Å². The van der Waals surface area contributed by atoms with Crippen LogP contribution < -0.4 is 0 Å². The molecule has 0 radical (unpaired) electrons. The van der Waals surface area contributed by atoms with Gasteiger partial charge in [-0.15, -0.1) is 9.05 Å². The fourth-order valence-electron chi connectivity index (χ4n) is 0.369. The van der Waals surface area contributed by atoms with Crippen molar-refractivity contribution in [2.24, 2.45) is 0 Å². The molecule has 0 saturated carbocycles. The van der Waals surface area contributed by atoms with E-state index in [1.807, 2.05) is 13.8 Å². The topological polar surface area (TPSA) is 35.5 Å². The standard InChI is InChI=1S/C6H14O3P.Al.3H/c1-3-5-8-10(7)9-6-4-2;;;;/h3-6H2,1-2H3;;;;/q+1;;;;. The predicted molar refractivity (Wildman–Crippen MR) is 50.0 cm³/mol. The second kappa shape index (κ2) is 10.6. The lowest BCUT2D eigenvalue weighted by Crippen LogP contribution is -1.87. The first kappa shape index (κ1) is 14.1. The Morgan fingerprint density at radius 1 is 1.09 bits per heavy atom. The van der Waals surface area contributed by atoms with Gasteiger partial charge in [-0.1, -0.05) is 13.8 Å². The highest BCUT2D eigenvalue weighted by atomic mass is 31.1. The van der Waals surface area contributed by atoms with E-state index in [4.69, 9.17) is 9.05 Å². The largest absolute Gasteiger partial charge is 0.697 e. The molecule has 0 heterocycles. The molecule has 11 heavy (non-hydrogen) atoms. The van der Waals surface area contributed by atoms with Crippen LogP contribution in [-0.4, -0.2) is 30.6 Å². The minimum absolute atomic E-state index is 0. The zero-order valence-electron chi connectivity index (χ0n) is 6.50. The summed E-state index contributed by atoms with van der Waals surface area (Å²) in [7, 11) is -1.84. The van der Waals surface area contributed by atoms with E-state index in [-0.39, 0.29) is 17.4 Å². The molecule has 66 valence electrons. The lowest BCUT2D eigenvalue weighted by atomic mass is 10.5. The summed E-state index contributed by atoms with van der Waals surface area (Å²) in [4.78, 5) is 0. The Morgan fingerprint density at radius 3 is 1.73 bits per heavy atom. The molecule has 0 saturated heterocycles. The van der Waals surface area contributed by atoms with Crippen LogP contribution in [0.4, 0.5) is 0 Å². The van der Waals surface area contributed by atoms with E-state index in [2.05, 4.69) is 0 Å². The Labute approximate surface area is 79.5 Å². The highest BCUT2D eigenvalue weighted by Gasteiger charge is 2.17. The van der Waals surface area contributed by atoms with Crippen molar-refractivity contribution in [1.29, 1.82) is 0 Å². The molecule has 0 unspecified atom stereocenters. The van der Waals surface area contributed by atoms with Gasteiger partial charge in [0.15, 0.2) is 17.4 Å². The summed E-state index contributed by atoms with van der Waals surface area (Å²) in [5, 5.41) is 0. The zero-order valence-corrected chi connectivity index (χ0v) is 7.39. The first-order chi connectivity index (χ1) is 4.81. The minimum atomic E-state index is -1.84. The first-order valence-electron chi connectivity index (χ1n) is 3.54. The van der Waals surface area contributed by atoms with Gasteiger partial charge >= 0.3 is 8.25 Å². The van der Waals surface area contributed by atoms with Crippen molar-refractivity contribution in [3.8, 4) is 0 Å². The molecule has 0 aromatic heterocycles. The van der Waals surface area contributed by atoms with Gasteiger partial charge in [-0.25, -0.2) is 0 Å². The molecule has 0 spiro atoms. The van der Waals surface area contributed by atoms with Gasteiger partial charge in [0.1, 0.15) is 13.2 Å². The molecule has 0 aliphatic heterocycles. The maximum Gasteiger partial charge on any atom is 0.697 e. The summed E-state index contributed by atoms with van der Waals surface area (Å²) >= 11 is 0. The quantitative estimate of drug-likeness (QED) is 0.473. The molecule has 0 N–H and O–H groups in total. The summed E-state index contributed by atoms with van der Waals surface area (Å²) in [6, 6.07) is 0. The van der Waals surface area contributed by atoms with Crippen LogP contribution in [-0.2, 0) is 13.6 Å². The molecule has 5 heteroatoms. The third kappa shape index (κ3) is 10.6. The van der Waals surface area contributed by atoms with Crippen LogP contribution in [0.15, 0.2) is 0 Å². The average molecular weight is 195 g/mol. The Balaban J connectivity index is 0. The van der Waals surface area contributed by atoms with Gasteiger partial charge in [0.2, 0.25) is 0 Å². The molecule has 0 fully saturated rings. The summed E-state index contributed by atoms with van der Waals surface area (Å²) in [5.41, 5.74) is 0. The molecule has 0 atom stereocenters. The van der Waals surface area contributed by atoms with Crippen LogP contribution in [0.3, 0.4) is 0 Å². The van der Waals surface area contributed by atoms with Gasteiger partial charge in [-0.3, -0.25) is 0 Å². The second-order valence-electron chi connectivity index (χ2n) is 1.89. The number of hydrogen-bond donors (Lipinski definition) is 0. The molecule has 0 rings (SSSR count). The molecule has 0 aliphatic rings. The highest BCUT2D eigenvalue weighted by molar-refractivity contribution is 7.33. The Kier molecular flexibility index (Phi) is 13.5. The minimum Gasteiger partial charge on any atom is -0.119 e. The van der Waals surface area contributed by atoms with Gasteiger partial charge in [-0.05, 0) is 12.8 Å². The maximum absolute atomic E-state index is 10.7. The summed E-state index contributed by atoms with van der Waals surface area (Å²) in [6.45, 7) is 4.95. The molecule has 0 aromatic carbocycles. The smallest absolute Gasteiger partial charge is 0.119 e. The Morgan fingerprint density at radius 2 is 1.45 bits per heavy atom. The normalized spacial score (nSPS) is 8.91. The van der Waals surface area contributed by atoms with Gasteiger partial charge in [-0.2, -0.15) is 0 Å². The van der Waals surface area contributed by atoms with E-state index in [1.54, 1.807) is 0 Å². The third-order valence-electron chi connectivity index (χ3n) is 0.802. The number of rotatable bonds is 6. The van der Waals surface area contributed by atoms with E-state index in [1.165, 1.54) is 0 Å². The summed E-state index contributed by atoms with van der Waals surface area (Å²) in [5.74, 6) is 0. The molecule has 0 aromatic rings. The lowest BCUT2D eigenvalue weighted by Gasteiger charge is -1.85. The van der Waals surface area contributed by atoms with Gasteiger partial charge in [0, 0.05) is 4.57 Å². The Hall–Kier alpha value is 0.552. The molecule has 3 nitrogen and oxygen atoms in total. The van der Waals surface area contributed by atoms with E-state index in [9.17, 15) is 4.57 Å². The van der Waals surface area contributed by atoms with Crippen molar-refractivity contribution in [3.63, 3.8) is 0 Å². The molecule has 0 bridgehead atoms. The van der Waals surface area contributed by atoms with Crippen molar-refractivity contribution in [2.45, 2.75) is 26.7 Å². The second-order valence-corrected chi connectivity index (χ2v) is 2.85. The van der Waals surface area contributed by atoms with Crippen LogP contribution >= 0.6 is 8.25 Å². The van der Waals surface area contributed by atoms with Crippen molar-refractivity contribution < 1.29 is 13.6 Å². The molecular weight excluding hydrogens is 178 g/mol. The van der Waals surface area contributed by atoms with Crippen LogP contribution in [0, 0.1) is 0 Å². The van der Waals surface area contributed by atoms with E-state index < -0.39 is 8.25 Å². The van der Waals surface area contributed by atoms with Crippen molar-refractivity contribution in [2.75, 3.05) is 13.2 Å². The Bertz CT molecular complexity index is 89.8. The molecular formula is C6H17AlO3P+. The summed E-state index contributed by atoms with van der Waals surface area (Å²) < 4.78 is 20.2. The van der Waals surface area contributed by atoms with Gasteiger partial charge in [0.05, 0.1) is 0 Å². The molecule has 0 aliphatic carbocycles. The SMILES string of the molecule is CCCO[P+](=O)OCCC.[AlH3]. The van der Waals surface area contributed by atoms with E-state index in [0.29, 0.717) is 13.2 Å². The van der Waals surface area contributed by atoms with Crippen LogP contribution in [0.25, 0.3) is 0 Å². The zero-order chi connectivity index (χ0) is 7.82. The molecule has 0 amide bonds. The van der Waals surface area contributed by atoms with Crippen LogP contribution in [0.1, 0.15) is 26.7 Å². The van der Waals surface area contributed by atoms with Crippen molar-refractivity contribution in [3.05, 3.63) is 0 Å². The third-order valence-corrected chi connectivity index (χ3v) is 1.59. The highest BCUT2D eigenvalue weighted by Crippen LogP contribution is 2.23. The van der Waals surface area contributed by atoms with Gasteiger partial charge in [0.25, 0.3) is 0 Å². The van der Waals surface area contributed by atoms with Crippen LogP contribution in [0.2, 0.25) is 0 Å². The van der Waals surface area contributed by atoms with Crippen LogP contribution in [0.5, 0.6) is 0 Å². The predicted octanol–water partition coefficient (Wildman–Crippen LogP) is 1.31. The monoisotopic (exact) mass is 195 g/mol. The first-order valence-corrected chi connectivity index (χ1v) is 4.63. The fourth-order valence-corrected chi connectivity index (χ4v) is 1.11. The van der Waals surface area contributed by atoms with Crippen molar-refractivity contribution in [1.82, 2.24) is 0 Å².